The van der Waals surface area contributed by atoms with Crippen LogP contribution in [0.15, 0.2) is 69.8 Å². The van der Waals surface area contributed by atoms with Crippen molar-refractivity contribution in [2.45, 2.75) is 18.4 Å². The van der Waals surface area contributed by atoms with Crippen molar-refractivity contribution in [3.8, 4) is 11.1 Å². The lowest BCUT2D eigenvalue weighted by Gasteiger charge is -2.17. The normalized spacial score (nSPS) is 13.4. The molecule has 1 aliphatic rings. The average molecular weight is 456 g/mol. The molecule has 0 spiro atoms. The topological polar surface area (TPSA) is 88.8 Å². The Kier molecular flexibility index (Phi) is 5.40. The molecule has 29 heavy (non-hydrogen) atoms. The number of carboxylic acids is 1. The average Bonchev–Trinajstić information content (AvgIpc) is 3.27. The molecule has 0 bridgehead atoms. The second-order valence-corrected chi connectivity index (χ2v) is 7.61. The maximum atomic E-state index is 12.3. The van der Waals surface area contributed by atoms with Gasteiger partial charge in [-0.15, -0.1) is 0 Å². The minimum absolute atomic E-state index is 0.00706. The Morgan fingerprint density at radius 2 is 1.69 bits per heavy atom. The number of carboxylic acid groups (broad SMARTS) is 1. The van der Waals surface area contributed by atoms with Crippen LogP contribution in [0, 0.1) is 0 Å². The van der Waals surface area contributed by atoms with Crippen LogP contribution >= 0.6 is 15.9 Å². The molecule has 2 aromatic carbocycles. The van der Waals surface area contributed by atoms with Crippen LogP contribution in [0.25, 0.3) is 11.1 Å². The number of carbonyl (C=O) groups excluding carboxylic acids is 1. The van der Waals surface area contributed by atoms with E-state index in [4.69, 9.17) is 9.15 Å². The zero-order valence-electron chi connectivity index (χ0n) is 15.3. The molecule has 3 aromatic rings. The Labute approximate surface area is 175 Å². The van der Waals surface area contributed by atoms with Gasteiger partial charge in [0.05, 0.1) is 10.7 Å². The molecule has 1 aliphatic carbocycles. The van der Waals surface area contributed by atoms with Crippen molar-refractivity contribution >= 4 is 28.0 Å². The first-order chi connectivity index (χ1) is 14.0. The van der Waals surface area contributed by atoms with Crippen molar-refractivity contribution in [1.29, 1.82) is 0 Å². The van der Waals surface area contributed by atoms with Crippen molar-refractivity contribution in [3.05, 3.63) is 82.2 Å². The number of halogens is 1. The zero-order valence-corrected chi connectivity index (χ0v) is 16.9. The highest BCUT2D eigenvalue weighted by Crippen LogP contribution is 2.44. The van der Waals surface area contributed by atoms with Gasteiger partial charge in [-0.25, -0.2) is 9.59 Å². The quantitative estimate of drug-likeness (QED) is 0.567. The van der Waals surface area contributed by atoms with Gasteiger partial charge in [-0.05, 0) is 44.3 Å². The third-order valence-corrected chi connectivity index (χ3v) is 5.72. The number of furan rings is 1. The van der Waals surface area contributed by atoms with Gasteiger partial charge in [-0.3, -0.25) is 0 Å². The first-order valence-corrected chi connectivity index (χ1v) is 9.90. The van der Waals surface area contributed by atoms with Gasteiger partial charge < -0.3 is 19.6 Å². The molecule has 6 nitrogen and oxygen atoms in total. The van der Waals surface area contributed by atoms with E-state index in [1.54, 1.807) is 6.07 Å². The van der Waals surface area contributed by atoms with E-state index in [2.05, 4.69) is 33.4 Å². The molecule has 0 saturated carbocycles. The van der Waals surface area contributed by atoms with E-state index in [1.165, 1.54) is 6.26 Å². The van der Waals surface area contributed by atoms with E-state index >= 15 is 0 Å². The number of benzene rings is 2. The van der Waals surface area contributed by atoms with E-state index in [1.807, 2.05) is 36.4 Å². The number of fused-ring (bicyclic) bond motifs is 3. The van der Waals surface area contributed by atoms with Crippen LogP contribution < -0.4 is 5.32 Å². The smallest absolute Gasteiger partial charge is 0.407 e. The molecule has 1 atom stereocenters. The first kappa shape index (κ1) is 19.3. The van der Waals surface area contributed by atoms with Gasteiger partial charge in [0.25, 0.3) is 0 Å². The zero-order chi connectivity index (χ0) is 20.4. The molecule has 0 fully saturated rings. The number of rotatable bonds is 6. The number of alkyl carbamates (subject to hydrolysis) is 1. The molecule has 1 aromatic heterocycles. The van der Waals surface area contributed by atoms with E-state index in [0.29, 0.717) is 10.2 Å². The minimum atomic E-state index is -1.16. The third kappa shape index (κ3) is 3.91. The summed E-state index contributed by atoms with van der Waals surface area (Å²) in [5.74, 6) is -0.811. The highest BCUT2D eigenvalue weighted by Gasteiger charge is 2.30. The highest BCUT2D eigenvalue weighted by atomic mass is 79.9. The molecule has 7 heteroatoms. The van der Waals surface area contributed by atoms with Crippen LogP contribution in [0.1, 0.15) is 22.8 Å². The standard InChI is InChI=1S/C22H18BrNO5/c23-18-9-10-28-20(18)11-19(21(25)26)24-22(27)29-12-17-15-7-3-1-5-13(15)14-6-2-4-8-16(14)17/h1-10,17,19H,11-12H2,(H,24,27)(H,25,26). The van der Waals surface area contributed by atoms with E-state index in [0.717, 1.165) is 22.3 Å². The maximum absolute atomic E-state index is 12.3. The lowest BCUT2D eigenvalue weighted by Crippen LogP contribution is -2.42. The Balaban J connectivity index is 1.44. The first-order valence-electron chi connectivity index (χ1n) is 9.10. The number of carbonyl (C=O) groups is 2. The van der Waals surface area contributed by atoms with Crippen molar-refractivity contribution in [3.63, 3.8) is 0 Å². The molecular weight excluding hydrogens is 438 g/mol. The Hall–Kier alpha value is -3.06. The van der Waals surface area contributed by atoms with Crippen molar-refractivity contribution in [2.24, 2.45) is 0 Å². The van der Waals surface area contributed by atoms with Crippen LogP contribution in [0.4, 0.5) is 4.79 Å². The lowest BCUT2D eigenvalue weighted by molar-refractivity contribution is -0.139. The molecule has 0 radical (unpaired) electrons. The summed E-state index contributed by atoms with van der Waals surface area (Å²) in [7, 11) is 0. The number of hydrogen-bond donors (Lipinski definition) is 2. The van der Waals surface area contributed by atoms with Crippen molar-refractivity contribution in [2.75, 3.05) is 6.61 Å². The van der Waals surface area contributed by atoms with Gasteiger partial charge in [-0.2, -0.15) is 0 Å². The number of nitrogens with one attached hydrogen (secondary N) is 1. The predicted molar refractivity (Wildman–Crippen MR) is 110 cm³/mol. The molecule has 148 valence electrons. The lowest BCUT2D eigenvalue weighted by atomic mass is 9.98. The maximum Gasteiger partial charge on any atom is 0.407 e. The number of aliphatic carboxylic acids is 1. The van der Waals surface area contributed by atoms with E-state index in [-0.39, 0.29) is 18.9 Å². The Bertz CT molecular complexity index is 1020. The van der Waals surface area contributed by atoms with Gasteiger partial charge in [0.2, 0.25) is 0 Å². The Morgan fingerprint density at radius 1 is 1.07 bits per heavy atom. The predicted octanol–water partition coefficient (Wildman–Crippen LogP) is 4.58. The van der Waals surface area contributed by atoms with Gasteiger partial charge in [0.1, 0.15) is 18.4 Å². The molecule has 1 unspecified atom stereocenters. The third-order valence-electron chi connectivity index (χ3n) is 5.01. The summed E-state index contributed by atoms with van der Waals surface area (Å²) in [5.41, 5.74) is 4.44. The van der Waals surface area contributed by atoms with Gasteiger partial charge in [-0.1, -0.05) is 48.5 Å². The molecule has 1 amide bonds. The van der Waals surface area contributed by atoms with E-state index in [9.17, 15) is 14.7 Å². The molecule has 1 heterocycles. The SMILES string of the molecule is O=C(NC(Cc1occc1Br)C(=O)O)OCC1c2ccccc2-c2ccccc21. The summed E-state index contributed by atoms with van der Waals surface area (Å²) in [6.45, 7) is 0.122. The fraction of sp³-hybridized carbons (Fsp3) is 0.182. The van der Waals surface area contributed by atoms with Crippen LogP contribution in [-0.4, -0.2) is 29.8 Å². The number of ether oxygens (including phenoxy) is 1. The van der Waals surface area contributed by atoms with Crippen molar-refractivity contribution < 1.29 is 23.8 Å². The molecule has 0 saturated heterocycles. The van der Waals surface area contributed by atoms with Gasteiger partial charge in [0, 0.05) is 12.3 Å². The fourth-order valence-electron chi connectivity index (χ4n) is 3.64. The number of hydrogen-bond acceptors (Lipinski definition) is 4. The summed E-state index contributed by atoms with van der Waals surface area (Å²) in [6, 6.07) is 16.5. The summed E-state index contributed by atoms with van der Waals surface area (Å²) in [6.07, 6.45) is 0.681. The van der Waals surface area contributed by atoms with Crippen LogP contribution in [0.5, 0.6) is 0 Å². The number of amides is 1. The van der Waals surface area contributed by atoms with Gasteiger partial charge >= 0.3 is 12.1 Å². The van der Waals surface area contributed by atoms with Gasteiger partial charge in [0.15, 0.2) is 0 Å². The van der Waals surface area contributed by atoms with Crippen LogP contribution in [-0.2, 0) is 16.0 Å². The summed E-state index contributed by atoms with van der Waals surface area (Å²) < 4.78 is 11.3. The summed E-state index contributed by atoms with van der Waals surface area (Å²) in [5, 5.41) is 11.8. The Morgan fingerprint density at radius 3 is 2.24 bits per heavy atom. The minimum Gasteiger partial charge on any atom is -0.480 e. The second-order valence-electron chi connectivity index (χ2n) is 6.76. The fourth-order valence-corrected chi connectivity index (χ4v) is 4.00. The monoisotopic (exact) mass is 455 g/mol. The van der Waals surface area contributed by atoms with Crippen molar-refractivity contribution in [1.82, 2.24) is 5.32 Å². The largest absolute Gasteiger partial charge is 0.480 e. The molecule has 2 N–H and O–H groups in total. The van der Waals surface area contributed by atoms with E-state index < -0.39 is 18.1 Å². The van der Waals surface area contributed by atoms with Crippen LogP contribution in [0.3, 0.4) is 0 Å². The molecular formula is C22H18BrNO5. The molecule has 0 aliphatic heterocycles. The second kappa shape index (κ2) is 8.13. The highest BCUT2D eigenvalue weighted by molar-refractivity contribution is 9.10. The molecule has 4 rings (SSSR count). The summed E-state index contributed by atoms with van der Waals surface area (Å²) in [4.78, 5) is 23.8. The van der Waals surface area contributed by atoms with Crippen LogP contribution in [0.2, 0.25) is 0 Å². The summed E-state index contributed by atoms with van der Waals surface area (Å²) >= 11 is 3.29.